The second-order valence-corrected chi connectivity index (χ2v) is 26.2. The molecule has 3 N–H and O–H groups in total. The predicted octanol–water partition coefficient (Wildman–Crippen LogP) is 8.58. The molecule has 1 spiro atoms. The average molecular weight is 1090 g/mol. The molecule has 74 heavy (non-hydrogen) atoms. The summed E-state index contributed by atoms with van der Waals surface area (Å²) >= 11 is 3.63. The van der Waals surface area contributed by atoms with Gasteiger partial charge in [0.25, 0.3) is 11.8 Å². The summed E-state index contributed by atoms with van der Waals surface area (Å²) in [5.74, 6) is 1.80. The highest BCUT2D eigenvalue weighted by molar-refractivity contribution is 9.10. The van der Waals surface area contributed by atoms with E-state index in [1.807, 2.05) is 24.3 Å². The molecule has 0 bridgehead atoms. The maximum absolute atomic E-state index is 13.6. The molecule has 6 fully saturated rings. The van der Waals surface area contributed by atoms with Crippen molar-refractivity contribution in [3.05, 3.63) is 82.2 Å². The first-order valence-corrected chi connectivity index (χ1v) is 29.8. The molecular formula is C55H63BrN11O6P. The number of imide groups is 2. The van der Waals surface area contributed by atoms with E-state index in [1.54, 1.807) is 45.1 Å². The van der Waals surface area contributed by atoms with Crippen LogP contribution in [0.1, 0.15) is 109 Å². The van der Waals surface area contributed by atoms with Crippen molar-refractivity contribution in [2.24, 2.45) is 17.3 Å². The lowest BCUT2D eigenvalue weighted by Gasteiger charge is -2.56. The number of rotatable bonds is 12. The second-order valence-electron chi connectivity index (χ2n) is 22.2. The minimum absolute atomic E-state index is 0.104. The molecule has 386 valence electrons. The minimum atomic E-state index is -2.78. The fourth-order valence-corrected chi connectivity index (χ4v) is 14.8. The van der Waals surface area contributed by atoms with Gasteiger partial charge in [-0.3, -0.25) is 39.4 Å². The molecule has 2 saturated carbocycles. The van der Waals surface area contributed by atoms with E-state index in [-0.39, 0.29) is 18.7 Å². The van der Waals surface area contributed by atoms with E-state index < -0.39 is 30.9 Å². The van der Waals surface area contributed by atoms with Gasteiger partial charge in [-0.25, -0.2) is 4.98 Å². The van der Waals surface area contributed by atoms with Gasteiger partial charge in [-0.2, -0.15) is 4.98 Å². The van der Waals surface area contributed by atoms with Gasteiger partial charge in [-0.15, -0.1) is 0 Å². The Kier molecular flexibility index (Phi) is 12.8. The summed E-state index contributed by atoms with van der Waals surface area (Å²) in [6.07, 6.45) is 17.3. The van der Waals surface area contributed by atoms with Crippen molar-refractivity contribution in [1.29, 1.82) is 0 Å². The number of amides is 4. The summed E-state index contributed by atoms with van der Waals surface area (Å²) in [5.41, 5.74) is 7.37. The first-order valence-electron chi connectivity index (χ1n) is 26.4. The smallest absolute Gasteiger partial charge is 0.262 e. The molecular weight excluding hydrogens is 1020 g/mol. The van der Waals surface area contributed by atoms with Gasteiger partial charge in [0.2, 0.25) is 17.8 Å². The number of aromatic nitrogens is 4. The molecule has 1 atom stereocenters. The number of methoxy groups -OCH3 is 1. The third-order valence-corrected chi connectivity index (χ3v) is 19.5. The topological polar surface area (TPSA) is 195 Å². The molecule has 3 aromatic carbocycles. The van der Waals surface area contributed by atoms with Crippen LogP contribution in [-0.2, 0) is 14.2 Å². The first kappa shape index (κ1) is 48.9. The number of ether oxygens (including phenoxy) is 1. The molecule has 2 aliphatic carbocycles. The number of halogens is 1. The SMILES string of the molecule is COc1cc(N2CCC(C3CCN(C4CC5(CCN(c6ccc7c(c6)C(=O)N(C6CCC(=O)NC6=O)C7=O)CC5)C4)CC3)CC2)c(C2CC2)cc1Nc1ncc(Br)c(Nc2ccc3nccnc3c2P(C)(C)=O)n1. The van der Waals surface area contributed by atoms with Crippen molar-refractivity contribution in [3.8, 4) is 5.75 Å². The highest BCUT2D eigenvalue weighted by Gasteiger charge is 2.49. The summed E-state index contributed by atoms with van der Waals surface area (Å²) in [6, 6.07) is 13.4. The fourth-order valence-electron chi connectivity index (χ4n) is 13.1. The second kappa shape index (κ2) is 19.3. The van der Waals surface area contributed by atoms with Crippen LogP contribution < -0.4 is 35.8 Å². The van der Waals surface area contributed by atoms with E-state index in [0.717, 1.165) is 72.9 Å². The number of carbonyl (C=O) groups excluding carboxylic acids is 4. The van der Waals surface area contributed by atoms with Gasteiger partial charge in [-0.05, 0) is 178 Å². The van der Waals surface area contributed by atoms with Crippen molar-refractivity contribution in [2.75, 3.05) is 80.1 Å². The Morgan fingerprint density at radius 1 is 0.770 bits per heavy atom. The number of likely N-dealkylation sites (tertiary alicyclic amines) is 1. The lowest BCUT2D eigenvalue weighted by molar-refractivity contribution is -0.136. The van der Waals surface area contributed by atoms with E-state index in [1.165, 1.54) is 75.7 Å². The Hall–Kier alpha value is -5.97. The van der Waals surface area contributed by atoms with Gasteiger partial charge in [0, 0.05) is 74.7 Å². The number of benzene rings is 3. The van der Waals surface area contributed by atoms with Gasteiger partial charge in [0.05, 0.1) is 44.9 Å². The predicted molar refractivity (Wildman–Crippen MR) is 289 cm³/mol. The Labute approximate surface area is 439 Å². The minimum Gasteiger partial charge on any atom is -0.494 e. The highest BCUT2D eigenvalue weighted by Crippen LogP contribution is 2.53. The van der Waals surface area contributed by atoms with Crippen LogP contribution in [0.3, 0.4) is 0 Å². The van der Waals surface area contributed by atoms with Crippen LogP contribution in [0.15, 0.2) is 65.5 Å². The Bertz CT molecular complexity index is 3130. The molecule has 5 aromatic rings. The van der Waals surface area contributed by atoms with Gasteiger partial charge in [0.1, 0.15) is 30.3 Å². The number of carbonyl (C=O) groups is 4. The molecule has 7 aliphatic rings. The van der Waals surface area contributed by atoms with Crippen LogP contribution in [0.5, 0.6) is 5.75 Å². The Balaban J connectivity index is 0.632. The van der Waals surface area contributed by atoms with E-state index in [4.69, 9.17) is 9.72 Å². The van der Waals surface area contributed by atoms with Crippen LogP contribution in [0.2, 0.25) is 0 Å². The lowest BCUT2D eigenvalue weighted by Crippen LogP contribution is -2.56. The van der Waals surface area contributed by atoms with Crippen molar-refractivity contribution in [2.45, 2.75) is 95.1 Å². The number of piperidine rings is 4. The first-order chi connectivity index (χ1) is 35.7. The quantitative estimate of drug-likeness (QED) is 0.0794. The molecule has 12 rings (SSSR count). The Morgan fingerprint density at radius 3 is 2.19 bits per heavy atom. The average Bonchev–Trinajstić information content (AvgIpc) is 4.21. The zero-order valence-electron chi connectivity index (χ0n) is 42.2. The zero-order chi connectivity index (χ0) is 51.0. The molecule has 4 saturated heterocycles. The summed E-state index contributed by atoms with van der Waals surface area (Å²) in [5, 5.41) is 9.79. The van der Waals surface area contributed by atoms with Gasteiger partial charge >= 0.3 is 0 Å². The van der Waals surface area contributed by atoms with Crippen molar-refractivity contribution in [1.82, 2.24) is 35.1 Å². The highest BCUT2D eigenvalue weighted by atomic mass is 79.9. The summed E-state index contributed by atoms with van der Waals surface area (Å²) in [4.78, 5) is 78.2. The van der Waals surface area contributed by atoms with Crippen molar-refractivity contribution >= 4 is 97.6 Å². The summed E-state index contributed by atoms with van der Waals surface area (Å²) in [6.45, 7) is 9.76. The monoisotopic (exact) mass is 1080 g/mol. The maximum atomic E-state index is 13.6. The van der Waals surface area contributed by atoms with Crippen molar-refractivity contribution in [3.63, 3.8) is 0 Å². The normalized spacial score (nSPS) is 22.1. The largest absolute Gasteiger partial charge is 0.494 e. The molecule has 19 heteroatoms. The number of nitrogens with zero attached hydrogens (tertiary/aromatic N) is 8. The van der Waals surface area contributed by atoms with E-state index >= 15 is 0 Å². The van der Waals surface area contributed by atoms with Crippen LogP contribution in [0, 0.1) is 17.3 Å². The van der Waals surface area contributed by atoms with Crippen LogP contribution in [-0.4, -0.2) is 125 Å². The number of hydrogen-bond donors (Lipinski definition) is 3. The maximum Gasteiger partial charge on any atom is 0.262 e. The molecule has 7 heterocycles. The van der Waals surface area contributed by atoms with E-state index in [2.05, 4.69) is 73.7 Å². The third kappa shape index (κ3) is 9.22. The molecule has 5 aliphatic heterocycles. The lowest BCUT2D eigenvalue weighted by atomic mass is 9.59. The van der Waals surface area contributed by atoms with E-state index in [0.29, 0.717) is 66.8 Å². The Morgan fingerprint density at radius 2 is 1.49 bits per heavy atom. The summed E-state index contributed by atoms with van der Waals surface area (Å²) < 4.78 is 20.3. The van der Waals surface area contributed by atoms with Crippen LogP contribution in [0.25, 0.3) is 11.0 Å². The zero-order valence-corrected chi connectivity index (χ0v) is 44.7. The van der Waals surface area contributed by atoms with Gasteiger partial charge in [0.15, 0.2) is 0 Å². The molecule has 2 aromatic heterocycles. The number of hydrogen-bond acceptors (Lipinski definition) is 15. The molecule has 4 amide bonds. The molecule has 17 nitrogen and oxygen atoms in total. The molecule has 0 radical (unpaired) electrons. The van der Waals surface area contributed by atoms with E-state index in [9.17, 15) is 23.7 Å². The number of fused-ring (bicyclic) bond motifs is 2. The van der Waals surface area contributed by atoms with Crippen LogP contribution >= 0.6 is 23.1 Å². The van der Waals surface area contributed by atoms with Gasteiger partial charge < -0.3 is 34.6 Å². The number of anilines is 6. The van der Waals surface area contributed by atoms with Crippen LogP contribution in [0.4, 0.5) is 34.5 Å². The third-order valence-electron chi connectivity index (χ3n) is 17.3. The standard InChI is InChI=1S/C55H63BrN11O6P/c1-73-46-28-45(38(34-4-5-34)27-43(46)61-54-59-31-40(56)50(63-54)60-42-9-8-41-48(58-19-18-57-41)49(42)74(2,3)72)66-22-14-33(15-23-66)32-12-20-64(21-13-32)36-29-55(30-36)16-24-65(25-17-55)35-6-7-37-39(26-35)53(71)67(52(37)70)44-10-11-47(68)62-51(44)69/h6-9,18-19,26-28,31-34,36,44H,4-5,10-17,20-25,29-30H2,1-3H3,(H,62,68,69)(H2,59,60,61,63). The molecule has 1 unspecified atom stereocenters. The fraction of sp³-hybridized carbons (Fsp3) is 0.491. The van der Waals surface area contributed by atoms with Gasteiger partial charge in [-0.1, -0.05) is 0 Å². The summed E-state index contributed by atoms with van der Waals surface area (Å²) in [7, 11) is -1.06. The number of nitrogens with one attached hydrogen (secondary N) is 3. The van der Waals surface area contributed by atoms with Crippen molar-refractivity contribution < 1.29 is 28.5 Å².